The van der Waals surface area contributed by atoms with Crippen LogP contribution in [0, 0.1) is 6.92 Å². The van der Waals surface area contributed by atoms with Crippen molar-refractivity contribution >= 4 is 17.8 Å². The van der Waals surface area contributed by atoms with Gasteiger partial charge in [0.25, 0.3) is 5.91 Å². The number of anilines is 1. The third-order valence-corrected chi connectivity index (χ3v) is 7.70. The van der Waals surface area contributed by atoms with E-state index in [1.165, 1.54) is 12.7 Å². The van der Waals surface area contributed by atoms with Gasteiger partial charge in [0.1, 0.15) is 11.4 Å². The second-order valence-corrected chi connectivity index (χ2v) is 10.4. The topological polar surface area (TPSA) is 123 Å². The Balaban J connectivity index is 1.46. The second-order valence-electron chi connectivity index (χ2n) is 10.4. The van der Waals surface area contributed by atoms with Crippen LogP contribution >= 0.6 is 0 Å². The van der Waals surface area contributed by atoms with Crippen LogP contribution in [0.1, 0.15) is 27.4 Å². The molecule has 224 valence electrons. The third kappa shape index (κ3) is 6.52. The maximum absolute atomic E-state index is 13.6. The van der Waals surface area contributed by atoms with Gasteiger partial charge < -0.3 is 20.1 Å². The molecule has 1 fully saturated rings. The van der Waals surface area contributed by atoms with Crippen molar-refractivity contribution < 1.29 is 19.1 Å². The number of likely N-dealkylation sites (tertiary alicyclic amines) is 1. The Morgan fingerprint density at radius 3 is 2.42 bits per heavy atom. The first-order chi connectivity index (χ1) is 20.9. The maximum atomic E-state index is 13.6. The van der Waals surface area contributed by atoms with Crippen molar-refractivity contribution in [3.05, 3.63) is 89.6 Å². The molecule has 3 amide bonds. The number of hydrogen-bond donors (Lipinski definition) is 3. The average Bonchev–Trinajstić information content (AvgIpc) is 3.60. The summed E-state index contributed by atoms with van der Waals surface area (Å²) in [5.41, 5.74) is 4.15. The van der Waals surface area contributed by atoms with Crippen LogP contribution in [0.5, 0.6) is 5.88 Å². The standard InChI is InChI=1S/C32H37N7O4/c1-21-28(23-17-25(30(40)33-2)31(43-4)34-18-23)37-39(24-13-9-6-10-14-24)29(21)36-32(41)35-27-20-38(15-16-42-3)19-26(27)22-11-7-5-8-12-22/h5-14,17-18,26-27H,15-16,19-20H2,1-4H3,(H,33,40)(H2,35,36,41)/t26-,27+/m0/s1. The molecule has 0 spiro atoms. The van der Waals surface area contributed by atoms with Gasteiger partial charge in [0.2, 0.25) is 5.88 Å². The smallest absolute Gasteiger partial charge is 0.320 e. The summed E-state index contributed by atoms with van der Waals surface area (Å²) in [5, 5.41) is 13.8. The van der Waals surface area contributed by atoms with Gasteiger partial charge in [-0.25, -0.2) is 14.5 Å². The van der Waals surface area contributed by atoms with Crippen LogP contribution in [0.2, 0.25) is 0 Å². The summed E-state index contributed by atoms with van der Waals surface area (Å²) in [6, 6.07) is 21.1. The minimum Gasteiger partial charge on any atom is -0.480 e. The van der Waals surface area contributed by atoms with Gasteiger partial charge in [0.15, 0.2) is 0 Å². The lowest BCUT2D eigenvalue weighted by Gasteiger charge is -2.21. The highest BCUT2D eigenvalue weighted by molar-refractivity contribution is 5.97. The van der Waals surface area contributed by atoms with Gasteiger partial charge in [0.05, 0.1) is 31.1 Å². The zero-order valence-electron chi connectivity index (χ0n) is 24.8. The molecule has 3 heterocycles. The highest BCUT2D eigenvalue weighted by Gasteiger charge is 2.35. The van der Waals surface area contributed by atoms with E-state index in [4.69, 9.17) is 14.6 Å². The van der Waals surface area contributed by atoms with E-state index < -0.39 is 0 Å². The Bertz CT molecular complexity index is 1560. The quantitative estimate of drug-likeness (QED) is 0.259. The molecule has 0 saturated carbocycles. The Hall–Kier alpha value is -4.74. The van der Waals surface area contributed by atoms with Crippen LogP contribution < -0.4 is 20.7 Å². The number of carbonyl (C=O) groups excluding carboxylic acids is 2. The molecule has 2 aromatic carbocycles. The number of benzene rings is 2. The molecule has 3 N–H and O–H groups in total. The molecule has 11 nitrogen and oxygen atoms in total. The average molecular weight is 584 g/mol. The molecular formula is C32H37N7O4. The van der Waals surface area contributed by atoms with Crippen molar-refractivity contribution in [3.8, 4) is 22.8 Å². The largest absolute Gasteiger partial charge is 0.480 e. The van der Waals surface area contributed by atoms with E-state index in [9.17, 15) is 9.59 Å². The van der Waals surface area contributed by atoms with Gasteiger partial charge in [-0.3, -0.25) is 15.0 Å². The molecule has 1 saturated heterocycles. The number of ether oxygens (including phenoxy) is 2. The normalized spacial score (nSPS) is 16.6. The van der Waals surface area contributed by atoms with E-state index in [0.717, 1.165) is 24.3 Å². The summed E-state index contributed by atoms with van der Waals surface area (Å²) in [7, 11) is 4.71. The van der Waals surface area contributed by atoms with Gasteiger partial charge in [0, 0.05) is 57.0 Å². The maximum Gasteiger partial charge on any atom is 0.320 e. The first kappa shape index (κ1) is 29.7. The van der Waals surface area contributed by atoms with E-state index in [0.29, 0.717) is 30.2 Å². The predicted octanol–water partition coefficient (Wildman–Crippen LogP) is 3.85. The lowest BCUT2D eigenvalue weighted by Crippen LogP contribution is -2.42. The van der Waals surface area contributed by atoms with Gasteiger partial charge in [-0.2, -0.15) is 5.10 Å². The number of carbonyl (C=O) groups is 2. The number of pyridine rings is 1. The molecule has 5 rings (SSSR count). The van der Waals surface area contributed by atoms with Crippen molar-refractivity contribution in [1.29, 1.82) is 0 Å². The monoisotopic (exact) mass is 583 g/mol. The molecule has 0 aliphatic carbocycles. The third-order valence-electron chi connectivity index (χ3n) is 7.70. The molecule has 1 aliphatic rings. The first-order valence-electron chi connectivity index (χ1n) is 14.2. The van der Waals surface area contributed by atoms with Gasteiger partial charge in [-0.05, 0) is 30.7 Å². The summed E-state index contributed by atoms with van der Waals surface area (Å²) in [5.74, 6) is 0.535. The lowest BCUT2D eigenvalue weighted by atomic mass is 9.94. The van der Waals surface area contributed by atoms with E-state index >= 15 is 0 Å². The number of amides is 3. The number of rotatable bonds is 10. The number of nitrogens with one attached hydrogen (secondary N) is 3. The van der Waals surface area contributed by atoms with Crippen molar-refractivity contribution in [1.82, 2.24) is 30.3 Å². The van der Waals surface area contributed by atoms with Crippen LogP contribution in [0.3, 0.4) is 0 Å². The molecule has 43 heavy (non-hydrogen) atoms. The van der Waals surface area contributed by atoms with Crippen LogP contribution in [0.25, 0.3) is 16.9 Å². The molecule has 0 radical (unpaired) electrons. The minimum atomic E-state index is -0.329. The Kier molecular flexibility index (Phi) is 9.33. The zero-order chi connectivity index (χ0) is 30.3. The van der Waals surface area contributed by atoms with Crippen LogP contribution in [-0.4, -0.2) is 85.2 Å². The van der Waals surface area contributed by atoms with Gasteiger partial charge in [-0.15, -0.1) is 0 Å². The number of urea groups is 1. The lowest BCUT2D eigenvalue weighted by molar-refractivity contribution is 0.0959. The molecule has 0 unspecified atom stereocenters. The molecule has 4 aromatic rings. The highest BCUT2D eigenvalue weighted by atomic mass is 16.5. The van der Waals surface area contributed by atoms with E-state index in [-0.39, 0.29) is 35.3 Å². The van der Waals surface area contributed by atoms with Crippen molar-refractivity contribution in [2.24, 2.45) is 0 Å². The number of methoxy groups -OCH3 is 2. The summed E-state index contributed by atoms with van der Waals surface area (Å²) >= 11 is 0. The Morgan fingerprint density at radius 1 is 1.02 bits per heavy atom. The zero-order valence-corrected chi connectivity index (χ0v) is 24.8. The summed E-state index contributed by atoms with van der Waals surface area (Å²) < 4.78 is 12.3. The van der Waals surface area contributed by atoms with E-state index in [2.05, 4.69) is 38.0 Å². The molecule has 0 bridgehead atoms. The van der Waals surface area contributed by atoms with Crippen molar-refractivity contribution in [2.45, 2.75) is 18.9 Å². The second kappa shape index (κ2) is 13.5. The Labute approximate surface area is 251 Å². The predicted molar refractivity (Wildman–Crippen MR) is 165 cm³/mol. The first-order valence-corrected chi connectivity index (χ1v) is 14.2. The molecule has 1 aliphatic heterocycles. The summed E-state index contributed by atoms with van der Waals surface area (Å²) in [6.45, 7) is 4.83. The SMILES string of the molecule is CNC(=O)c1cc(-c2nn(-c3ccccc3)c(NC(=O)N[C@@H]3CN(CCOC)C[C@H]3c3ccccc3)c2C)cnc1OC. The van der Waals surface area contributed by atoms with Crippen molar-refractivity contribution in [2.75, 3.05) is 52.8 Å². The van der Waals surface area contributed by atoms with Gasteiger partial charge >= 0.3 is 6.03 Å². The summed E-state index contributed by atoms with van der Waals surface area (Å²) in [4.78, 5) is 32.8. The molecule has 2 aromatic heterocycles. The number of aromatic nitrogens is 3. The van der Waals surface area contributed by atoms with Crippen LogP contribution in [0.15, 0.2) is 72.9 Å². The summed E-state index contributed by atoms with van der Waals surface area (Å²) in [6.07, 6.45) is 1.61. The van der Waals surface area contributed by atoms with Crippen LogP contribution in [0.4, 0.5) is 10.6 Å². The number of hydrogen-bond acceptors (Lipinski definition) is 7. The van der Waals surface area contributed by atoms with Gasteiger partial charge in [-0.1, -0.05) is 48.5 Å². The number of nitrogens with zero attached hydrogens (tertiary/aromatic N) is 4. The highest BCUT2D eigenvalue weighted by Crippen LogP contribution is 2.33. The number of para-hydroxylation sites is 1. The molecule has 2 atom stereocenters. The van der Waals surface area contributed by atoms with Crippen molar-refractivity contribution in [3.63, 3.8) is 0 Å². The Morgan fingerprint density at radius 2 is 1.74 bits per heavy atom. The molecule has 11 heteroatoms. The van der Waals surface area contributed by atoms with E-state index in [1.54, 1.807) is 31.1 Å². The fourth-order valence-corrected chi connectivity index (χ4v) is 5.50. The fraction of sp³-hybridized carbons (Fsp3) is 0.312. The fourth-order valence-electron chi connectivity index (χ4n) is 5.50. The van der Waals surface area contributed by atoms with Crippen LogP contribution in [-0.2, 0) is 4.74 Å². The molecular weight excluding hydrogens is 546 g/mol. The minimum absolute atomic E-state index is 0.104. The van der Waals surface area contributed by atoms with E-state index in [1.807, 2.05) is 55.5 Å².